The summed E-state index contributed by atoms with van der Waals surface area (Å²) in [6.45, 7) is 6.25. The van der Waals surface area contributed by atoms with Gasteiger partial charge >= 0.3 is 0 Å². The van der Waals surface area contributed by atoms with Crippen LogP contribution in [0.2, 0.25) is 0 Å². The number of anilines is 4. The second kappa shape index (κ2) is 9.30. The number of benzene rings is 2. The van der Waals surface area contributed by atoms with Gasteiger partial charge in [0.2, 0.25) is 0 Å². The summed E-state index contributed by atoms with van der Waals surface area (Å²) in [5.74, 6) is 1.36. The zero-order chi connectivity index (χ0) is 22.6. The number of allylic oxidation sites excluding steroid dienone is 1. The Morgan fingerprint density at radius 3 is 2.42 bits per heavy atom. The van der Waals surface area contributed by atoms with Gasteiger partial charge in [0.05, 0.1) is 17.2 Å². The van der Waals surface area contributed by atoms with Crippen molar-refractivity contribution in [2.75, 3.05) is 48.8 Å². The molecule has 0 atom stereocenters. The Bertz CT molecular complexity index is 1240. The summed E-state index contributed by atoms with van der Waals surface area (Å²) >= 11 is 0. The Morgan fingerprint density at radius 1 is 0.909 bits per heavy atom. The summed E-state index contributed by atoms with van der Waals surface area (Å²) in [6, 6.07) is 14.6. The van der Waals surface area contributed by atoms with E-state index < -0.39 is 0 Å². The first-order chi connectivity index (χ1) is 16.2. The SMILES string of the molecule is C/C=C\Nc1nc2cc(-c3cn[nH]c3)ccc2nc1Nc1ccc(N2CCN(C)CC2)cc1. The number of nitrogens with one attached hydrogen (secondary N) is 3. The van der Waals surface area contributed by atoms with Crippen LogP contribution in [0.3, 0.4) is 0 Å². The third-order valence-corrected chi connectivity index (χ3v) is 5.88. The lowest BCUT2D eigenvalue weighted by Crippen LogP contribution is -2.44. The fourth-order valence-corrected chi connectivity index (χ4v) is 3.95. The first kappa shape index (κ1) is 21.0. The minimum atomic E-state index is 0.674. The van der Waals surface area contributed by atoms with E-state index in [1.165, 1.54) is 5.69 Å². The number of likely N-dealkylation sites (N-methyl/N-ethyl adjacent to an activating group) is 1. The lowest BCUT2D eigenvalue weighted by Gasteiger charge is -2.34. The number of fused-ring (bicyclic) bond motifs is 1. The summed E-state index contributed by atoms with van der Waals surface area (Å²) in [5.41, 5.74) is 5.92. The third kappa shape index (κ3) is 4.65. The molecule has 0 bridgehead atoms. The molecular formula is C25H28N8. The van der Waals surface area contributed by atoms with Crippen molar-refractivity contribution >= 4 is 34.0 Å². The molecule has 8 heteroatoms. The predicted molar refractivity (Wildman–Crippen MR) is 135 cm³/mol. The molecule has 8 nitrogen and oxygen atoms in total. The van der Waals surface area contributed by atoms with Crippen LogP contribution >= 0.6 is 0 Å². The number of hydrogen-bond donors (Lipinski definition) is 3. The molecule has 1 aliphatic heterocycles. The van der Waals surface area contributed by atoms with Crippen molar-refractivity contribution in [3.63, 3.8) is 0 Å². The van der Waals surface area contributed by atoms with Gasteiger partial charge in [-0.1, -0.05) is 12.1 Å². The predicted octanol–water partition coefficient (Wildman–Crippen LogP) is 4.46. The van der Waals surface area contributed by atoms with Crippen molar-refractivity contribution in [2.24, 2.45) is 0 Å². The summed E-state index contributed by atoms with van der Waals surface area (Å²) in [4.78, 5) is 14.5. The van der Waals surface area contributed by atoms with Crippen molar-refractivity contribution < 1.29 is 0 Å². The topological polar surface area (TPSA) is 85.0 Å². The summed E-state index contributed by atoms with van der Waals surface area (Å²) < 4.78 is 0. The maximum Gasteiger partial charge on any atom is 0.174 e. The van der Waals surface area contributed by atoms with Crippen molar-refractivity contribution in [3.05, 3.63) is 67.1 Å². The Balaban J connectivity index is 1.42. The second-order valence-corrected chi connectivity index (χ2v) is 8.22. The Labute approximate surface area is 193 Å². The minimum absolute atomic E-state index is 0.674. The quantitative estimate of drug-likeness (QED) is 0.408. The molecule has 33 heavy (non-hydrogen) atoms. The van der Waals surface area contributed by atoms with E-state index in [9.17, 15) is 0 Å². The highest BCUT2D eigenvalue weighted by molar-refractivity contribution is 5.86. The van der Waals surface area contributed by atoms with Gasteiger partial charge in [0.15, 0.2) is 11.6 Å². The summed E-state index contributed by atoms with van der Waals surface area (Å²) in [6.07, 6.45) is 7.46. The zero-order valence-electron chi connectivity index (χ0n) is 18.9. The van der Waals surface area contributed by atoms with Crippen LogP contribution in [0, 0.1) is 0 Å². The van der Waals surface area contributed by atoms with Gasteiger partial charge < -0.3 is 20.4 Å². The fraction of sp³-hybridized carbons (Fsp3) is 0.240. The van der Waals surface area contributed by atoms with Gasteiger partial charge in [0.25, 0.3) is 0 Å². The van der Waals surface area contributed by atoms with Crippen LogP contribution in [0.5, 0.6) is 0 Å². The third-order valence-electron chi connectivity index (χ3n) is 5.88. The van der Waals surface area contributed by atoms with Gasteiger partial charge in [-0.2, -0.15) is 5.10 Å². The van der Waals surface area contributed by atoms with Gasteiger partial charge in [-0.05, 0) is 62.1 Å². The van der Waals surface area contributed by atoms with Crippen molar-refractivity contribution in [3.8, 4) is 11.1 Å². The van der Waals surface area contributed by atoms with E-state index in [-0.39, 0.29) is 0 Å². The van der Waals surface area contributed by atoms with Gasteiger partial charge in [-0.15, -0.1) is 0 Å². The molecule has 1 saturated heterocycles. The summed E-state index contributed by atoms with van der Waals surface area (Å²) in [5, 5.41) is 13.6. The van der Waals surface area contributed by atoms with Crippen LogP contribution < -0.4 is 15.5 Å². The highest BCUT2D eigenvalue weighted by atomic mass is 15.2. The number of piperazine rings is 1. The van der Waals surface area contributed by atoms with E-state index >= 15 is 0 Å². The molecule has 0 unspecified atom stereocenters. The van der Waals surface area contributed by atoms with Crippen LogP contribution in [-0.4, -0.2) is 58.3 Å². The van der Waals surface area contributed by atoms with E-state index in [0.29, 0.717) is 11.6 Å². The zero-order valence-corrected chi connectivity index (χ0v) is 18.9. The monoisotopic (exact) mass is 440 g/mol. The van der Waals surface area contributed by atoms with E-state index in [4.69, 9.17) is 9.97 Å². The molecule has 0 spiro atoms. The number of nitrogens with zero attached hydrogens (tertiary/aromatic N) is 5. The first-order valence-electron chi connectivity index (χ1n) is 11.2. The van der Waals surface area contributed by atoms with Crippen molar-refractivity contribution in [1.29, 1.82) is 0 Å². The molecule has 1 fully saturated rings. The molecule has 0 amide bonds. The van der Waals surface area contributed by atoms with Crippen LogP contribution in [-0.2, 0) is 0 Å². The standard InChI is InChI=1S/C25H28N8/c1-3-10-26-24-25(29-20-5-7-21(8-6-20)33-13-11-32(2)12-14-33)30-22-9-4-18(15-23(22)31-24)19-16-27-28-17-19/h3-10,15-17H,11-14H2,1-2H3,(H,26,31)(H,27,28)(H,29,30)/b10-3-. The van der Waals surface area contributed by atoms with Crippen LogP contribution in [0.15, 0.2) is 67.1 Å². The van der Waals surface area contributed by atoms with E-state index in [2.05, 4.69) is 61.9 Å². The van der Waals surface area contributed by atoms with Gasteiger partial charge in [0.1, 0.15) is 0 Å². The molecule has 0 radical (unpaired) electrons. The van der Waals surface area contributed by atoms with Crippen LogP contribution in [0.4, 0.5) is 23.0 Å². The number of aromatic nitrogens is 4. The first-order valence-corrected chi connectivity index (χ1v) is 11.2. The molecule has 2 aromatic heterocycles. The molecule has 3 heterocycles. The van der Waals surface area contributed by atoms with Crippen molar-refractivity contribution in [1.82, 2.24) is 25.1 Å². The number of H-pyrrole nitrogens is 1. The van der Waals surface area contributed by atoms with Gasteiger partial charge in [-0.3, -0.25) is 5.10 Å². The Hall–Kier alpha value is -3.91. The van der Waals surface area contributed by atoms with E-state index in [1.54, 1.807) is 6.20 Å². The molecule has 2 aromatic carbocycles. The maximum absolute atomic E-state index is 4.86. The lowest BCUT2D eigenvalue weighted by atomic mass is 10.1. The smallest absolute Gasteiger partial charge is 0.174 e. The Kier molecular flexibility index (Phi) is 5.91. The average Bonchev–Trinajstić information content (AvgIpc) is 3.39. The van der Waals surface area contributed by atoms with E-state index in [1.807, 2.05) is 43.6 Å². The van der Waals surface area contributed by atoms with Gasteiger partial charge in [0, 0.05) is 49.3 Å². The lowest BCUT2D eigenvalue weighted by molar-refractivity contribution is 0.313. The number of hydrogen-bond acceptors (Lipinski definition) is 7. The fourth-order valence-electron chi connectivity index (χ4n) is 3.95. The normalized spacial score (nSPS) is 14.8. The Morgan fingerprint density at radius 2 is 1.70 bits per heavy atom. The molecule has 0 saturated carbocycles. The van der Waals surface area contributed by atoms with Gasteiger partial charge in [-0.25, -0.2) is 9.97 Å². The van der Waals surface area contributed by atoms with Crippen molar-refractivity contribution in [2.45, 2.75) is 6.92 Å². The average molecular weight is 441 g/mol. The molecule has 1 aliphatic rings. The molecule has 3 N–H and O–H groups in total. The highest BCUT2D eigenvalue weighted by Gasteiger charge is 2.15. The second-order valence-electron chi connectivity index (χ2n) is 8.22. The molecule has 0 aliphatic carbocycles. The molecule has 5 rings (SSSR count). The highest BCUT2D eigenvalue weighted by Crippen LogP contribution is 2.29. The largest absolute Gasteiger partial charge is 0.369 e. The molecular weight excluding hydrogens is 412 g/mol. The van der Waals surface area contributed by atoms with Crippen LogP contribution in [0.1, 0.15) is 6.92 Å². The number of aromatic amines is 1. The minimum Gasteiger partial charge on any atom is -0.369 e. The number of rotatable bonds is 6. The molecule has 168 valence electrons. The summed E-state index contributed by atoms with van der Waals surface area (Å²) in [7, 11) is 2.17. The molecule has 4 aromatic rings. The van der Waals surface area contributed by atoms with Crippen LogP contribution in [0.25, 0.3) is 22.2 Å². The van der Waals surface area contributed by atoms with E-state index in [0.717, 1.165) is 54.0 Å². The maximum atomic E-state index is 4.86.